The first-order chi connectivity index (χ1) is 8.68. The van der Waals surface area contributed by atoms with Crippen LogP contribution in [-0.4, -0.2) is 29.3 Å². The van der Waals surface area contributed by atoms with Gasteiger partial charge in [-0.25, -0.2) is 0 Å². The van der Waals surface area contributed by atoms with Crippen molar-refractivity contribution in [3.8, 4) is 0 Å². The highest BCUT2D eigenvalue weighted by Gasteiger charge is 1.94. The second-order valence-electron chi connectivity index (χ2n) is 4.48. The zero-order valence-electron chi connectivity index (χ0n) is 11.9. The van der Waals surface area contributed by atoms with E-state index in [4.69, 9.17) is 15.9 Å². The summed E-state index contributed by atoms with van der Waals surface area (Å²) in [6, 6.07) is 0. The summed E-state index contributed by atoms with van der Waals surface area (Å²) < 4.78 is 0. The smallest absolute Gasteiger partial charge is 0.303 e. The molecule has 0 rings (SSSR count). The van der Waals surface area contributed by atoms with Crippen molar-refractivity contribution in [1.29, 1.82) is 0 Å². The van der Waals surface area contributed by atoms with Crippen molar-refractivity contribution in [3.05, 3.63) is 0 Å². The van der Waals surface area contributed by atoms with Crippen LogP contribution in [0.25, 0.3) is 0 Å². The van der Waals surface area contributed by atoms with Gasteiger partial charge >= 0.3 is 5.97 Å². The first kappa shape index (κ1) is 19.7. The highest BCUT2D eigenvalue weighted by atomic mass is 16.4. The third-order valence-corrected chi connectivity index (χ3v) is 2.61. The molecule has 18 heavy (non-hydrogen) atoms. The lowest BCUT2D eigenvalue weighted by atomic mass is 10.1. The maximum absolute atomic E-state index is 10.0. The third-order valence-electron chi connectivity index (χ3n) is 2.61. The fraction of sp³-hybridized carbons (Fsp3) is 0.929. The van der Waals surface area contributed by atoms with Crippen LogP contribution in [0.2, 0.25) is 0 Å². The Hall–Kier alpha value is -0.610. The van der Waals surface area contributed by atoms with Gasteiger partial charge in [0.2, 0.25) is 0 Å². The number of nitrogens with two attached hydrogens (primary N) is 1. The standard InChI is InChI=1S/C8H16O2.C6H15NO/c1-2-3-4-5-6-7-8(9)10;7-5-3-1-2-4-6-8/h2-7H2,1H3,(H,9,10);8H,1-7H2. The zero-order valence-corrected chi connectivity index (χ0v) is 11.9. The van der Waals surface area contributed by atoms with Gasteiger partial charge in [0.05, 0.1) is 0 Å². The Bertz CT molecular complexity index is 157. The van der Waals surface area contributed by atoms with Crippen molar-refractivity contribution in [2.75, 3.05) is 13.2 Å². The summed E-state index contributed by atoms with van der Waals surface area (Å²) in [5.74, 6) is -0.670. The molecular formula is C14H31NO3. The van der Waals surface area contributed by atoms with Crippen LogP contribution in [0.4, 0.5) is 0 Å². The summed E-state index contributed by atoms with van der Waals surface area (Å²) in [7, 11) is 0. The molecule has 0 atom stereocenters. The number of hydrogen-bond donors (Lipinski definition) is 3. The van der Waals surface area contributed by atoms with Crippen LogP contribution in [0, 0.1) is 0 Å². The molecule has 110 valence electrons. The molecule has 0 aromatic rings. The molecule has 4 N–H and O–H groups in total. The van der Waals surface area contributed by atoms with E-state index in [0.717, 1.165) is 45.1 Å². The van der Waals surface area contributed by atoms with E-state index in [-0.39, 0.29) is 0 Å². The molecule has 0 fully saturated rings. The quantitative estimate of drug-likeness (QED) is 0.499. The molecule has 0 amide bonds. The Morgan fingerprint density at radius 1 is 0.944 bits per heavy atom. The van der Waals surface area contributed by atoms with Crippen molar-refractivity contribution in [2.24, 2.45) is 5.73 Å². The maximum atomic E-state index is 10.0. The zero-order chi connectivity index (χ0) is 14.1. The van der Waals surface area contributed by atoms with E-state index >= 15 is 0 Å². The number of rotatable bonds is 11. The SMILES string of the molecule is CCCCCCCC(=O)O.NCCCCCCO. The van der Waals surface area contributed by atoms with Crippen molar-refractivity contribution in [1.82, 2.24) is 0 Å². The van der Waals surface area contributed by atoms with Crippen molar-refractivity contribution in [3.63, 3.8) is 0 Å². The second-order valence-corrected chi connectivity index (χ2v) is 4.48. The number of carboxylic acids is 1. The minimum Gasteiger partial charge on any atom is -0.481 e. The normalized spacial score (nSPS) is 9.72. The van der Waals surface area contributed by atoms with Gasteiger partial charge in [-0.3, -0.25) is 4.79 Å². The molecule has 0 aliphatic carbocycles. The molecule has 0 aromatic carbocycles. The number of hydrogen-bond acceptors (Lipinski definition) is 3. The first-order valence-corrected chi connectivity index (χ1v) is 7.21. The van der Waals surface area contributed by atoms with E-state index in [1.54, 1.807) is 0 Å². The molecular weight excluding hydrogens is 230 g/mol. The summed E-state index contributed by atoms with van der Waals surface area (Å²) in [5.41, 5.74) is 5.25. The van der Waals surface area contributed by atoms with Gasteiger partial charge < -0.3 is 15.9 Å². The summed E-state index contributed by atoms with van der Waals surface area (Å²) in [6.45, 7) is 3.26. The first-order valence-electron chi connectivity index (χ1n) is 7.21. The number of aliphatic hydroxyl groups is 1. The molecule has 0 saturated carbocycles. The molecule has 4 heteroatoms. The van der Waals surface area contributed by atoms with Gasteiger partial charge in [-0.1, -0.05) is 45.4 Å². The van der Waals surface area contributed by atoms with E-state index in [2.05, 4.69) is 6.92 Å². The number of aliphatic hydroxyl groups excluding tert-OH is 1. The molecule has 0 unspecified atom stereocenters. The van der Waals surface area contributed by atoms with Crippen molar-refractivity contribution in [2.45, 2.75) is 71.1 Å². The minimum atomic E-state index is -0.670. The van der Waals surface area contributed by atoms with Crippen LogP contribution < -0.4 is 5.73 Å². The Labute approximate surface area is 112 Å². The average Bonchev–Trinajstić information content (AvgIpc) is 2.35. The number of carboxylic acid groups (broad SMARTS) is 1. The van der Waals surface area contributed by atoms with Crippen molar-refractivity contribution >= 4 is 5.97 Å². The lowest BCUT2D eigenvalue weighted by Crippen LogP contribution is -1.97. The molecule has 4 nitrogen and oxygen atoms in total. The molecule has 0 bridgehead atoms. The average molecular weight is 261 g/mol. The van der Waals surface area contributed by atoms with Crippen LogP contribution in [0.5, 0.6) is 0 Å². The van der Waals surface area contributed by atoms with Gasteiger partial charge in [0, 0.05) is 13.0 Å². The molecule has 0 saturated heterocycles. The summed E-state index contributed by atoms with van der Waals surface area (Å²) in [6.07, 6.45) is 10.2. The van der Waals surface area contributed by atoms with E-state index < -0.39 is 5.97 Å². The Morgan fingerprint density at radius 2 is 1.50 bits per heavy atom. The molecule has 0 aliphatic rings. The van der Waals surface area contributed by atoms with Gasteiger partial charge in [-0.2, -0.15) is 0 Å². The monoisotopic (exact) mass is 261 g/mol. The predicted molar refractivity (Wildman–Crippen MR) is 75.6 cm³/mol. The van der Waals surface area contributed by atoms with Gasteiger partial charge in [0.25, 0.3) is 0 Å². The van der Waals surface area contributed by atoms with E-state index in [0.29, 0.717) is 13.0 Å². The molecule has 0 aliphatic heterocycles. The second kappa shape index (κ2) is 18.7. The largest absolute Gasteiger partial charge is 0.481 e. The Balaban J connectivity index is 0. The summed E-state index contributed by atoms with van der Waals surface area (Å²) >= 11 is 0. The van der Waals surface area contributed by atoms with Crippen LogP contribution in [0.1, 0.15) is 71.1 Å². The molecule has 0 spiro atoms. The van der Waals surface area contributed by atoms with Crippen LogP contribution in [0.3, 0.4) is 0 Å². The van der Waals surface area contributed by atoms with Gasteiger partial charge in [-0.15, -0.1) is 0 Å². The third kappa shape index (κ3) is 24.6. The van der Waals surface area contributed by atoms with Gasteiger partial charge in [0.15, 0.2) is 0 Å². The van der Waals surface area contributed by atoms with Crippen LogP contribution in [-0.2, 0) is 4.79 Å². The molecule has 0 heterocycles. The number of aliphatic carboxylic acids is 1. The fourth-order valence-electron chi connectivity index (χ4n) is 1.49. The van der Waals surface area contributed by atoms with Crippen LogP contribution in [0.15, 0.2) is 0 Å². The lowest BCUT2D eigenvalue weighted by molar-refractivity contribution is -0.137. The lowest BCUT2D eigenvalue weighted by Gasteiger charge is -1.95. The highest BCUT2D eigenvalue weighted by molar-refractivity contribution is 5.66. The van der Waals surface area contributed by atoms with Crippen LogP contribution >= 0.6 is 0 Å². The van der Waals surface area contributed by atoms with Gasteiger partial charge in [0.1, 0.15) is 0 Å². The minimum absolute atomic E-state index is 0.324. The van der Waals surface area contributed by atoms with Gasteiger partial charge in [-0.05, 0) is 25.8 Å². The van der Waals surface area contributed by atoms with E-state index in [1.165, 1.54) is 19.3 Å². The Kier molecular flexibility index (Phi) is 20.5. The maximum Gasteiger partial charge on any atom is 0.303 e. The Morgan fingerprint density at radius 3 is 2.00 bits per heavy atom. The number of carbonyl (C=O) groups is 1. The van der Waals surface area contributed by atoms with E-state index in [9.17, 15) is 4.79 Å². The summed E-state index contributed by atoms with van der Waals surface area (Å²) in [5, 5.41) is 16.6. The topological polar surface area (TPSA) is 83.5 Å². The summed E-state index contributed by atoms with van der Waals surface area (Å²) in [4.78, 5) is 10.0. The highest BCUT2D eigenvalue weighted by Crippen LogP contribution is 2.04. The molecule has 0 radical (unpaired) electrons. The molecule has 0 aromatic heterocycles. The van der Waals surface area contributed by atoms with E-state index in [1.807, 2.05) is 0 Å². The fourth-order valence-corrected chi connectivity index (χ4v) is 1.49. The number of unbranched alkanes of at least 4 members (excludes halogenated alkanes) is 7. The van der Waals surface area contributed by atoms with Crippen molar-refractivity contribution < 1.29 is 15.0 Å². The predicted octanol–water partition coefficient (Wildman–Crippen LogP) is 2.93.